The van der Waals surface area contributed by atoms with Crippen LogP contribution in [-0.4, -0.2) is 29.0 Å². The van der Waals surface area contributed by atoms with E-state index in [0.717, 1.165) is 28.1 Å². The number of thioether (sulfide) groups is 1. The van der Waals surface area contributed by atoms with E-state index in [0.29, 0.717) is 22.6 Å². The number of carbonyl (C=O) groups is 1. The molecule has 7 nitrogen and oxygen atoms in total. The van der Waals surface area contributed by atoms with Gasteiger partial charge in [0, 0.05) is 22.4 Å². The molecule has 2 heterocycles. The minimum atomic E-state index is -0.351. The van der Waals surface area contributed by atoms with Gasteiger partial charge in [-0.05, 0) is 36.4 Å². The molecule has 0 unspecified atom stereocenters. The molecule has 5 aromatic rings. The topological polar surface area (TPSA) is 90.4 Å². The summed E-state index contributed by atoms with van der Waals surface area (Å²) in [6.45, 7) is 0. The Morgan fingerprint density at radius 1 is 1.03 bits per heavy atom. The van der Waals surface area contributed by atoms with Gasteiger partial charge >= 0.3 is 0 Å². The molecule has 32 heavy (non-hydrogen) atoms. The van der Waals surface area contributed by atoms with Gasteiger partial charge in [0.05, 0.1) is 18.6 Å². The predicted octanol–water partition coefficient (Wildman–Crippen LogP) is 5.51. The van der Waals surface area contributed by atoms with Crippen molar-refractivity contribution in [2.75, 3.05) is 18.2 Å². The van der Waals surface area contributed by atoms with Gasteiger partial charge in [-0.3, -0.25) is 4.79 Å². The van der Waals surface area contributed by atoms with Gasteiger partial charge in [0.2, 0.25) is 11.8 Å². The highest BCUT2D eigenvalue weighted by molar-refractivity contribution is 7.99. The first-order chi connectivity index (χ1) is 15.6. The van der Waals surface area contributed by atoms with E-state index >= 15 is 0 Å². The van der Waals surface area contributed by atoms with E-state index in [2.05, 4.69) is 15.5 Å². The predicted molar refractivity (Wildman–Crippen MR) is 119 cm³/mol. The van der Waals surface area contributed by atoms with Gasteiger partial charge in [0.1, 0.15) is 22.7 Å². The molecule has 0 aliphatic carbocycles. The zero-order valence-electron chi connectivity index (χ0n) is 16.8. The molecular weight excluding hydrogens is 433 g/mol. The molecule has 0 spiro atoms. The van der Waals surface area contributed by atoms with Gasteiger partial charge in [0.15, 0.2) is 0 Å². The normalized spacial score (nSPS) is 11.2. The molecule has 0 bridgehead atoms. The van der Waals surface area contributed by atoms with Crippen LogP contribution < -0.4 is 10.1 Å². The molecule has 2 aromatic heterocycles. The molecule has 160 valence electrons. The lowest BCUT2D eigenvalue weighted by atomic mass is 10.1. The van der Waals surface area contributed by atoms with E-state index in [9.17, 15) is 9.18 Å². The molecular formula is C23H16FN3O4S. The number of fused-ring (bicyclic) bond motifs is 3. The van der Waals surface area contributed by atoms with Gasteiger partial charge in [-0.25, -0.2) is 4.39 Å². The third kappa shape index (κ3) is 3.90. The molecule has 0 saturated heterocycles. The van der Waals surface area contributed by atoms with Crippen LogP contribution in [0.25, 0.3) is 33.4 Å². The number of benzene rings is 3. The number of anilines is 1. The summed E-state index contributed by atoms with van der Waals surface area (Å²) < 4.78 is 30.0. The Hall–Kier alpha value is -3.85. The van der Waals surface area contributed by atoms with Crippen LogP contribution in [0, 0.1) is 5.82 Å². The Labute approximate surface area is 185 Å². The Balaban J connectivity index is 1.30. The van der Waals surface area contributed by atoms with Gasteiger partial charge in [-0.2, -0.15) is 0 Å². The summed E-state index contributed by atoms with van der Waals surface area (Å²) in [4.78, 5) is 12.5. The molecule has 0 fully saturated rings. The number of hydrogen-bond acceptors (Lipinski definition) is 7. The molecule has 0 saturated carbocycles. The first kappa shape index (κ1) is 20.1. The zero-order valence-corrected chi connectivity index (χ0v) is 17.6. The Kier molecular flexibility index (Phi) is 5.24. The summed E-state index contributed by atoms with van der Waals surface area (Å²) in [5, 5.41) is 12.8. The maximum atomic E-state index is 13.1. The number of nitrogens with one attached hydrogen (secondary N) is 1. The number of para-hydroxylation sites is 1. The third-order valence-corrected chi connectivity index (χ3v) is 5.62. The third-order valence-electron chi connectivity index (χ3n) is 4.80. The summed E-state index contributed by atoms with van der Waals surface area (Å²) in [5.74, 6) is 0.205. The second kappa shape index (κ2) is 8.35. The van der Waals surface area contributed by atoms with Gasteiger partial charge in [0.25, 0.3) is 5.22 Å². The van der Waals surface area contributed by atoms with Gasteiger partial charge < -0.3 is 18.9 Å². The molecule has 0 aliphatic heterocycles. The molecule has 0 aliphatic rings. The highest BCUT2D eigenvalue weighted by Crippen LogP contribution is 2.36. The Bertz CT molecular complexity index is 1430. The Morgan fingerprint density at radius 2 is 1.84 bits per heavy atom. The number of hydrogen-bond donors (Lipinski definition) is 1. The highest BCUT2D eigenvalue weighted by atomic mass is 32.2. The minimum Gasteiger partial charge on any atom is -0.495 e. The monoisotopic (exact) mass is 449 g/mol. The van der Waals surface area contributed by atoms with Crippen LogP contribution in [0.2, 0.25) is 0 Å². The van der Waals surface area contributed by atoms with Crippen LogP contribution in [0.4, 0.5) is 10.1 Å². The second-order valence-electron chi connectivity index (χ2n) is 6.86. The van der Waals surface area contributed by atoms with Crippen molar-refractivity contribution in [3.8, 4) is 17.2 Å². The minimum absolute atomic E-state index is 0.0480. The molecule has 5 rings (SSSR count). The molecule has 1 N–H and O–H groups in total. The number of methoxy groups -OCH3 is 1. The summed E-state index contributed by atoms with van der Waals surface area (Å²) in [5.41, 5.74) is 2.51. The maximum absolute atomic E-state index is 13.1. The van der Waals surface area contributed by atoms with E-state index in [1.54, 1.807) is 25.3 Å². The quantitative estimate of drug-likeness (QED) is 0.342. The molecule has 0 radical (unpaired) electrons. The number of amides is 1. The first-order valence-electron chi connectivity index (χ1n) is 9.62. The van der Waals surface area contributed by atoms with Crippen molar-refractivity contribution in [2.24, 2.45) is 0 Å². The van der Waals surface area contributed by atoms with Crippen molar-refractivity contribution >= 4 is 45.3 Å². The molecule has 1 amide bonds. The van der Waals surface area contributed by atoms with Crippen LogP contribution >= 0.6 is 11.8 Å². The summed E-state index contributed by atoms with van der Waals surface area (Å²) in [6.07, 6.45) is 0. The first-order valence-corrected chi connectivity index (χ1v) is 10.6. The van der Waals surface area contributed by atoms with E-state index in [1.807, 2.05) is 30.3 Å². The maximum Gasteiger partial charge on any atom is 0.277 e. The number of halogens is 1. The summed E-state index contributed by atoms with van der Waals surface area (Å²) in [7, 11) is 1.54. The van der Waals surface area contributed by atoms with E-state index in [1.165, 1.54) is 12.1 Å². The standard InChI is InChI=1S/C23H16FN3O4S/c1-29-20-10-16-15-4-2-3-5-18(15)30-19(16)11-17(20)25-21(28)12-32-23-27-26-22(31-23)13-6-8-14(24)9-7-13/h2-11H,12H2,1H3,(H,25,28). The largest absolute Gasteiger partial charge is 0.495 e. The van der Waals surface area contributed by atoms with Crippen molar-refractivity contribution in [2.45, 2.75) is 5.22 Å². The number of rotatable bonds is 6. The lowest BCUT2D eigenvalue weighted by Gasteiger charge is -2.09. The lowest BCUT2D eigenvalue weighted by Crippen LogP contribution is -2.14. The summed E-state index contributed by atoms with van der Waals surface area (Å²) >= 11 is 1.10. The number of ether oxygens (including phenoxy) is 1. The van der Waals surface area contributed by atoms with E-state index < -0.39 is 0 Å². The van der Waals surface area contributed by atoms with Crippen molar-refractivity contribution < 1.29 is 22.8 Å². The number of carbonyl (C=O) groups excluding carboxylic acids is 1. The van der Waals surface area contributed by atoms with Crippen molar-refractivity contribution in [3.63, 3.8) is 0 Å². The number of nitrogens with zero attached hydrogens (tertiary/aromatic N) is 2. The molecule has 9 heteroatoms. The van der Waals surface area contributed by atoms with Gasteiger partial charge in [-0.1, -0.05) is 30.0 Å². The summed E-state index contributed by atoms with van der Waals surface area (Å²) in [6, 6.07) is 17.0. The smallest absolute Gasteiger partial charge is 0.277 e. The average molecular weight is 449 g/mol. The van der Waals surface area contributed by atoms with Crippen LogP contribution in [0.1, 0.15) is 0 Å². The number of aromatic nitrogens is 2. The fraction of sp³-hybridized carbons (Fsp3) is 0.0870. The highest BCUT2D eigenvalue weighted by Gasteiger charge is 2.16. The molecule has 3 aromatic carbocycles. The van der Waals surface area contributed by atoms with Crippen LogP contribution in [-0.2, 0) is 4.79 Å². The van der Waals surface area contributed by atoms with Crippen LogP contribution in [0.5, 0.6) is 5.75 Å². The zero-order chi connectivity index (χ0) is 22.1. The number of furan rings is 1. The molecule has 0 atom stereocenters. The Morgan fingerprint density at radius 3 is 2.66 bits per heavy atom. The van der Waals surface area contributed by atoms with Crippen LogP contribution in [0.15, 0.2) is 74.7 Å². The van der Waals surface area contributed by atoms with E-state index in [-0.39, 0.29) is 28.6 Å². The van der Waals surface area contributed by atoms with Crippen molar-refractivity contribution in [1.29, 1.82) is 0 Å². The van der Waals surface area contributed by atoms with Crippen molar-refractivity contribution in [1.82, 2.24) is 10.2 Å². The van der Waals surface area contributed by atoms with Crippen LogP contribution in [0.3, 0.4) is 0 Å². The second-order valence-corrected chi connectivity index (χ2v) is 7.79. The lowest BCUT2D eigenvalue weighted by molar-refractivity contribution is -0.113. The SMILES string of the molecule is COc1cc2c(cc1NC(=O)CSc1nnc(-c3ccc(F)cc3)o1)oc1ccccc12. The van der Waals surface area contributed by atoms with E-state index in [4.69, 9.17) is 13.6 Å². The fourth-order valence-corrected chi connectivity index (χ4v) is 3.87. The van der Waals surface area contributed by atoms with Crippen molar-refractivity contribution in [3.05, 3.63) is 66.5 Å². The average Bonchev–Trinajstić information content (AvgIpc) is 3.42. The fourth-order valence-electron chi connectivity index (χ4n) is 3.31. The van der Waals surface area contributed by atoms with Gasteiger partial charge in [-0.15, -0.1) is 10.2 Å².